The lowest BCUT2D eigenvalue weighted by Crippen LogP contribution is -2.43. The summed E-state index contributed by atoms with van der Waals surface area (Å²) < 4.78 is 19.9. The Bertz CT molecular complexity index is 303. The SMILES string of the molecule is C=[C]CC(CC1OCCO1)(C(=O)OC)C(=O)OC. The summed E-state index contributed by atoms with van der Waals surface area (Å²) in [4.78, 5) is 23.8. The third kappa shape index (κ3) is 2.88. The first-order chi connectivity index (χ1) is 8.60. The van der Waals surface area contributed by atoms with Crippen LogP contribution in [0.4, 0.5) is 0 Å². The molecule has 0 aromatic carbocycles. The highest BCUT2D eigenvalue weighted by molar-refractivity contribution is 6.00. The molecule has 0 N–H and O–H groups in total. The molecule has 1 radical (unpaired) electrons. The first-order valence-electron chi connectivity index (χ1n) is 5.50. The molecule has 0 spiro atoms. The average molecular weight is 257 g/mol. The highest BCUT2D eigenvalue weighted by Crippen LogP contribution is 2.34. The number of hydrogen-bond acceptors (Lipinski definition) is 6. The van der Waals surface area contributed by atoms with E-state index in [4.69, 9.17) is 9.47 Å². The maximum atomic E-state index is 11.9. The summed E-state index contributed by atoms with van der Waals surface area (Å²) in [6, 6.07) is 0. The van der Waals surface area contributed by atoms with Crippen LogP contribution < -0.4 is 0 Å². The van der Waals surface area contributed by atoms with Crippen molar-refractivity contribution in [2.45, 2.75) is 19.1 Å². The quantitative estimate of drug-likeness (QED) is 0.508. The standard InChI is InChI=1S/C12H17O6/c1-4-5-12(10(13)15-2,11(14)16-3)8-9-17-6-7-18-9/h9H,1,5-8H2,2-3H3. The minimum atomic E-state index is -1.51. The van der Waals surface area contributed by atoms with Gasteiger partial charge in [0.15, 0.2) is 11.7 Å². The van der Waals surface area contributed by atoms with Gasteiger partial charge in [0.05, 0.1) is 27.4 Å². The second-order valence-electron chi connectivity index (χ2n) is 3.87. The number of carbonyl (C=O) groups is 2. The third-order valence-corrected chi connectivity index (χ3v) is 2.78. The van der Waals surface area contributed by atoms with Crippen LogP contribution in [0, 0.1) is 11.5 Å². The Labute approximate surface area is 106 Å². The zero-order valence-corrected chi connectivity index (χ0v) is 10.6. The van der Waals surface area contributed by atoms with Crippen LogP contribution in [-0.4, -0.2) is 45.7 Å². The van der Waals surface area contributed by atoms with E-state index < -0.39 is 23.6 Å². The summed E-state index contributed by atoms with van der Waals surface area (Å²) in [7, 11) is 2.42. The van der Waals surface area contributed by atoms with Crippen molar-refractivity contribution >= 4 is 11.9 Å². The van der Waals surface area contributed by atoms with Gasteiger partial charge in [0.25, 0.3) is 0 Å². The van der Waals surface area contributed by atoms with Crippen molar-refractivity contribution in [2.75, 3.05) is 27.4 Å². The van der Waals surface area contributed by atoms with Gasteiger partial charge >= 0.3 is 11.9 Å². The maximum absolute atomic E-state index is 11.9. The molecular weight excluding hydrogens is 240 g/mol. The van der Waals surface area contributed by atoms with Gasteiger partial charge in [-0.2, -0.15) is 0 Å². The van der Waals surface area contributed by atoms with Crippen LogP contribution in [-0.2, 0) is 28.5 Å². The van der Waals surface area contributed by atoms with Gasteiger partial charge < -0.3 is 18.9 Å². The Morgan fingerprint density at radius 2 is 1.78 bits per heavy atom. The van der Waals surface area contributed by atoms with E-state index in [0.717, 1.165) is 0 Å². The van der Waals surface area contributed by atoms with E-state index in [1.54, 1.807) is 0 Å². The second-order valence-corrected chi connectivity index (χ2v) is 3.87. The van der Waals surface area contributed by atoms with Gasteiger partial charge in [-0.3, -0.25) is 9.59 Å². The fraction of sp³-hybridized carbons (Fsp3) is 0.667. The molecule has 1 aliphatic heterocycles. The summed E-state index contributed by atoms with van der Waals surface area (Å²) >= 11 is 0. The molecular formula is C12H17O6. The Balaban J connectivity index is 2.97. The lowest BCUT2D eigenvalue weighted by atomic mass is 9.80. The zero-order valence-electron chi connectivity index (χ0n) is 10.6. The number of ether oxygens (including phenoxy) is 4. The minimum Gasteiger partial charge on any atom is -0.468 e. The van der Waals surface area contributed by atoms with E-state index in [-0.39, 0.29) is 12.8 Å². The fourth-order valence-electron chi connectivity index (χ4n) is 1.88. The van der Waals surface area contributed by atoms with Crippen molar-refractivity contribution in [3.8, 4) is 0 Å². The van der Waals surface area contributed by atoms with E-state index in [1.165, 1.54) is 14.2 Å². The number of carbonyl (C=O) groups excluding carboxylic acids is 2. The van der Waals surface area contributed by atoms with E-state index >= 15 is 0 Å². The van der Waals surface area contributed by atoms with Crippen LogP contribution in [0.15, 0.2) is 6.58 Å². The molecule has 6 heteroatoms. The van der Waals surface area contributed by atoms with Crippen molar-refractivity contribution in [2.24, 2.45) is 5.41 Å². The molecule has 0 saturated carbocycles. The van der Waals surface area contributed by atoms with Crippen LogP contribution >= 0.6 is 0 Å². The normalized spacial score (nSPS) is 16.3. The van der Waals surface area contributed by atoms with Gasteiger partial charge in [-0.25, -0.2) is 0 Å². The monoisotopic (exact) mass is 257 g/mol. The molecule has 101 valence electrons. The molecule has 0 atom stereocenters. The lowest BCUT2D eigenvalue weighted by Gasteiger charge is -2.28. The zero-order chi connectivity index (χ0) is 13.6. The Kier molecular flexibility index (Phi) is 5.30. The van der Waals surface area contributed by atoms with Gasteiger partial charge in [0.2, 0.25) is 0 Å². The van der Waals surface area contributed by atoms with E-state index in [9.17, 15) is 9.59 Å². The number of hydrogen-bond donors (Lipinski definition) is 0. The first kappa shape index (κ1) is 14.7. The molecule has 1 fully saturated rings. The van der Waals surface area contributed by atoms with Gasteiger partial charge in [0, 0.05) is 6.42 Å². The van der Waals surface area contributed by atoms with Crippen LogP contribution in [0.1, 0.15) is 12.8 Å². The number of allylic oxidation sites excluding steroid dienone is 1. The maximum Gasteiger partial charge on any atom is 0.323 e. The molecule has 0 bridgehead atoms. The number of methoxy groups -OCH3 is 2. The Morgan fingerprint density at radius 3 is 2.17 bits per heavy atom. The fourth-order valence-corrected chi connectivity index (χ4v) is 1.88. The Morgan fingerprint density at radius 1 is 1.28 bits per heavy atom. The molecule has 1 heterocycles. The minimum absolute atomic E-state index is 0.0183. The summed E-state index contributed by atoms with van der Waals surface area (Å²) in [6.45, 7) is 4.29. The van der Waals surface area contributed by atoms with Crippen molar-refractivity contribution in [1.29, 1.82) is 0 Å². The van der Waals surface area contributed by atoms with Crippen LogP contribution in [0.25, 0.3) is 0 Å². The molecule has 0 aromatic rings. The highest BCUT2D eigenvalue weighted by Gasteiger charge is 2.50. The average Bonchev–Trinajstić information content (AvgIpc) is 2.88. The van der Waals surface area contributed by atoms with Crippen molar-refractivity contribution in [1.82, 2.24) is 0 Å². The van der Waals surface area contributed by atoms with Gasteiger partial charge in [-0.15, -0.1) is 0 Å². The molecule has 0 aromatic heterocycles. The van der Waals surface area contributed by atoms with Crippen molar-refractivity contribution in [3.05, 3.63) is 12.7 Å². The second kappa shape index (κ2) is 6.51. The Hall–Kier alpha value is -1.40. The van der Waals surface area contributed by atoms with Crippen LogP contribution in [0.5, 0.6) is 0 Å². The van der Waals surface area contributed by atoms with Gasteiger partial charge in [-0.1, -0.05) is 12.7 Å². The smallest absolute Gasteiger partial charge is 0.323 e. The third-order valence-electron chi connectivity index (χ3n) is 2.78. The largest absolute Gasteiger partial charge is 0.468 e. The molecule has 6 nitrogen and oxygen atoms in total. The first-order valence-corrected chi connectivity index (χ1v) is 5.50. The number of esters is 2. The number of rotatable bonds is 6. The van der Waals surface area contributed by atoms with Crippen molar-refractivity contribution < 1.29 is 28.5 Å². The van der Waals surface area contributed by atoms with Crippen LogP contribution in [0.2, 0.25) is 0 Å². The topological polar surface area (TPSA) is 71.1 Å². The molecule has 1 aliphatic rings. The molecule has 1 saturated heterocycles. The molecule has 0 amide bonds. The predicted octanol–water partition coefficient (Wildman–Crippen LogP) is 0.461. The summed E-state index contributed by atoms with van der Waals surface area (Å²) in [5.41, 5.74) is -1.51. The van der Waals surface area contributed by atoms with Crippen molar-refractivity contribution in [3.63, 3.8) is 0 Å². The summed E-state index contributed by atoms with van der Waals surface area (Å²) in [5, 5.41) is 0. The highest BCUT2D eigenvalue weighted by atomic mass is 16.7. The van der Waals surface area contributed by atoms with E-state index in [1.807, 2.05) is 0 Å². The molecule has 0 unspecified atom stereocenters. The summed E-state index contributed by atoms with van der Waals surface area (Å²) in [5.74, 6) is -1.41. The van der Waals surface area contributed by atoms with Gasteiger partial charge in [-0.05, 0) is 6.42 Å². The molecule has 18 heavy (non-hydrogen) atoms. The molecule has 0 aliphatic carbocycles. The van der Waals surface area contributed by atoms with E-state index in [0.29, 0.717) is 13.2 Å². The lowest BCUT2D eigenvalue weighted by molar-refractivity contribution is -0.176. The van der Waals surface area contributed by atoms with Crippen LogP contribution in [0.3, 0.4) is 0 Å². The summed E-state index contributed by atoms with van der Waals surface area (Å²) in [6.07, 6.45) is 1.93. The van der Waals surface area contributed by atoms with Gasteiger partial charge in [0.1, 0.15) is 0 Å². The predicted molar refractivity (Wildman–Crippen MR) is 60.3 cm³/mol. The molecule has 1 rings (SSSR count). The van der Waals surface area contributed by atoms with E-state index in [2.05, 4.69) is 22.1 Å².